The van der Waals surface area contributed by atoms with Crippen molar-refractivity contribution in [3.8, 4) is 0 Å². The van der Waals surface area contributed by atoms with Gasteiger partial charge < -0.3 is 14.6 Å². The topological polar surface area (TPSA) is 72.8 Å². The average Bonchev–Trinajstić information content (AvgIpc) is 2.78. The molecule has 0 aromatic carbocycles. The van der Waals surface area contributed by atoms with Crippen molar-refractivity contribution in [2.24, 2.45) is 5.92 Å². The van der Waals surface area contributed by atoms with Gasteiger partial charge in [-0.05, 0) is 32.6 Å². The van der Waals surface area contributed by atoms with Crippen LogP contribution in [0.25, 0.3) is 0 Å². The van der Waals surface area contributed by atoms with E-state index in [1.165, 1.54) is 26.7 Å². The zero-order valence-electron chi connectivity index (χ0n) is 10.3. The largest absolute Gasteiger partial charge is 0.463 e. The predicted molar refractivity (Wildman–Crippen MR) is 60.2 cm³/mol. The summed E-state index contributed by atoms with van der Waals surface area (Å²) in [6.45, 7) is 3.13. The van der Waals surface area contributed by atoms with E-state index in [4.69, 9.17) is 14.6 Å². The fourth-order valence-electron chi connectivity index (χ4n) is 1.82. The molecule has 1 saturated carbocycles. The first-order chi connectivity index (χ1) is 8.00. The summed E-state index contributed by atoms with van der Waals surface area (Å²) in [5, 5.41) is 8.93. The molecule has 2 atom stereocenters. The number of carbonyl (C=O) groups excluding carboxylic acids is 2. The van der Waals surface area contributed by atoms with Crippen LogP contribution in [0.1, 0.15) is 39.5 Å². The standard InChI is InChI=1S/C12H20O5/c1-8(13)11(14)17-9(2)12(15)16-7-10-5-3-4-6-10/h8-10,13H,3-7H2,1-2H3. The third kappa shape index (κ3) is 4.73. The minimum absolute atomic E-state index is 0.398. The monoisotopic (exact) mass is 244 g/mol. The third-order valence-corrected chi connectivity index (χ3v) is 2.90. The molecule has 2 unspecified atom stereocenters. The van der Waals surface area contributed by atoms with E-state index in [1.54, 1.807) is 0 Å². The zero-order chi connectivity index (χ0) is 12.8. The number of esters is 2. The number of ether oxygens (including phenoxy) is 2. The Bertz CT molecular complexity index is 268. The van der Waals surface area contributed by atoms with E-state index in [0.29, 0.717) is 12.5 Å². The highest BCUT2D eigenvalue weighted by Gasteiger charge is 2.23. The summed E-state index contributed by atoms with van der Waals surface area (Å²) in [6, 6.07) is 0. The molecule has 0 aromatic heterocycles. The van der Waals surface area contributed by atoms with E-state index in [1.807, 2.05) is 0 Å². The summed E-state index contributed by atoms with van der Waals surface area (Å²) in [5.74, 6) is -0.917. The van der Waals surface area contributed by atoms with Crippen LogP contribution in [0, 0.1) is 5.92 Å². The van der Waals surface area contributed by atoms with Gasteiger partial charge in [0.05, 0.1) is 6.61 Å². The number of rotatable bonds is 5. The van der Waals surface area contributed by atoms with Gasteiger partial charge in [0.1, 0.15) is 6.10 Å². The Kier molecular flexibility index (Phi) is 5.41. The van der Waals surface area contributed by atoms with Gasteiger partial charge in [-0.3, -0.25) is 0 Å². The van der Waals surface area contributed by atoms with Gasteiger partial charge in [-0.2, -0.15) is 0 Å². The lowest BCUT2D eigenvalue weighted by Gasteiger charge is -2.15. The van der Waals surface area contributed by atoms with Crippen molar-refractivity contribution >= 4 is 11.9 Å². The van der Waals surface area contributed by atoms with Gasteiger partial charge >= 0.3 is 11.9 Å². The molecule has 5 heteroatoms. The minimum Gasteiger partial charge on any atom is -0.463 e. The molecule has 1 aliphatic rings. The van der Waals surface area contributed by atoms with Crippen molar-refractivity contribution < 1.29 is 24.2 Å². The molecule has 0 saturated heterocycles. The number of hydrogen-bond acceptors (Lipinski definition) is 5. The van der Waals surface area contributed by atoms with Gasteiger partial charge in [-0.15, -0.1) is 0 Å². The molecular formula is C12H20O5. The number of aliphatic hydroxyl groups excluding tert-OH is 1. The number of aliphatic hydroxyl groups is 1. The summed E-state index contributed by atoms with van der Waals surface area (Å²) < 4.78 is 9.80. The van der Waals surface area contributed by atoms with Gasteiger partial charge in [-0.1, -0.05) is 12.8 Å². The molecule has 0 aromatic rings. The van der Waals surface area contributed by atoms with Crippen LogP contribution in [0.5, 0.6) is 0 Å². The fraction of sp³-hybridized carbons (Fsp3) is 0.833. The molecule has 0 amide bonds. The van der Waals surface area contributed by atoms with Crippen LogP contribution in [0.2, 0.25) is 0 Å². The second-order valence-corrected chi connectivity index (χ2v) is 4.54. The predicted octanol–water partition coefficient (Wildman–Crippen LogP) is 1.03. The van der Waals surface area contributed by atoms with Gasteiger partial charge in [0.15, 0.2) is 6.10 Å². The lowest BCUT2D eigenvalue weighted by molar-refractivity contribution is -0.171. The molecule has 0 bridgehead atoms. The summed E-state index contributed by atoms with van der Waals surface area (Å²) in [7, 11) is 0. The van der Waals surface area contributed by atoms with Crippen LogP contribution < -0.4 is 0 Å². The molecule has 0 radical (unpaired) electrons. The Morgan fingerprint density at radius 3 is 2.35 bits per heavy atom. The molecule has 0 heterocycles. The highest BCUT2D eigenvalue weighted by Crippen LogP contribution is 2.24. The van der Waals surface area contributed by atoms with Crippen molar-refractivity contribution in [1.82, 2.24) is 0 Å². The maximum atomic E-state index is 11.5. The molecule has 1 fully saturated rings. The van der Waals surface area contributed by atoms with Crippen molar-refractivity contribution in [2.45, 2.75) is 51.7 Å². The highest BCUT2D eigenvalue weighted by atomic mass is 16.6. The highest BCUT2D eigenvalue weighted by molar-refractivity contribution is 5.80. The average molecular weight is 244 g/mol. The minimum atomic E-state index is -1.22. The third-order valence-electron chi connectivity index (χ3n) is 2.90. The number of hydrogen-bond donors (Lipinski definition) is 1. The normalized spacial score (nSPS) is 19.7. The SMILES string of the molecule is CC(O)C(=O)OC(C)C(=O)OCC1CCCC1. The summed E-state index contributed by atoms with van der Waals surface area (Å²) >= 11 is 0. The molecule has 0 aliphatic heterocycles. The van der Waals surface area contributed by atoms with Crippen LogP contribution in [0.15, 0.2) is 0 Å². The lowest BCUT2D eigenvalue weighted by atomic mass is 10.1. The fourth-order valence-corrected chi connectivity index (χ4v) is 1.82. The van der Waals surface area contributed by atoms with Crippen LogP contribution in [-0.4, -0.2) is 35.9 Å². The van der Waals surface area contributed by atoms with Gasteiger partial charge in [0.25, 0.3) is 0 Å². The molecular weight excluding hydrogens is 224 g/mol. The maximum Gasteiger partial charge on any atom is 0.347 e. The van der Waals surface area contributed by atoms with E-state index in [0.717, 1.165) is 12.8 Å². The number of carbonyl (C=O) groups is 2. The van der Waals surface area contributed by atoms with Crippen LogP contribution >= 0.6 is 0 Å². The Labute approximate surface area is 101 Å². The molecule has 1 aliphatic carbocycles. The van der Waals surface area contributed by atoms with Crippen molar-refractivity contribution in [3.05, 3.63) is 0 Å². The lowest BCUT2D eigenvalue weighted by Crippen LogP contribution is -2.31. The first-order valence-corrected chi connectivity index (χ1v) is 6.06. The molecule has 5 nitrogen and oxygen atoms in total. The Morgan fingerprint density at radius 1 is 1.24 bits per heavy atom. The quantitative estimate of drug-likeness (QED) is 0.731. The Balaban J connectivity index is 2.24. The Hall–Kier alpha value is -1.10. The first-order valence-electron chi connectivity index (χ1n) is 6.06. The van der Waals surface area contributed by atoms with Gasteiger partial charge in [-0.25, -0.2) is 9.59 Å². The first kappa shape index (κ1) is 14.0. The summed E-state index contributed by atoms with van der Waals surface area (Å²) in [4.78, 5) is 22.5. The summed E-state index contributed by atoms with van der Waals surface area (Å²) in [6.07, 6.45) is 2.38. The van der Waals surface area contributed by atoms with E-state index < -0.39 is 24.1 Å². The van der Waals surface area contributed by atoms with Crippen LogP contribution in [0.3, 0.4) is 0 Å². The zero-order valence-corrected chi connectivity index (χ0v) is 10.3. The molecule has 1 rings (SSSR count). The maximum absolute atomic E-state index is 11.5. The Morgan fingerprint density at radius 2 is 1.82 bits per heavy atom. The second-order valence-electron chi connectivity index (χ2n) is 4.54. The van der Waals surface area contributed by atoms with E-state index >= 15 is 0 Å². The van der Waals surface area contributed by atoms with E-state index in [-0.39, 0.29) is 0 Å². The molecule has 98 valence electrons. The second kappa shape index (κ2) is 6.59. The van der Waals surface area contributed by atoms with Crippen LogP contribution in [-0.2, 0) is 19.1 Å². The van der Waals surface area contributed by atoms with Crippen molar-refractivity contribution in [3.63, 3.8) is 0 Å². The van der Waals surface area contributed by atoms with Crippen molar-refractivity contribution in [2.75, 3.05) is 6.61 Å². The molecule has 17 heavy (non-hydrogen) atoms. The van der Waals surface area contributed by atoms with Gasteiger partial charge in [0.2, 0.25) is 0 Å². The summed E-state index contributed by atoms with van der Waals surface area (Å²) in [5.41, 5.74) is 0. The molecule has 0 spiro atoms. The van der Waals surface area contributed by atoms with Crippen LogP contribution in [0.4, 0.5) is 0 Å². The van der Waals surface area contributed by atoms with Gasteiger partial charge in [0, 0.05) is 0 Å². The van der Waals surface area contributed by atoms with Crippen molar-refractivity contribution in [1.29, 1.82) is 0 Å². The van der Waals surface area contributed by atoms with E-state index in [9.17, 15) is 9.59 Å². The molecule has 1 N–H and O–H groups in total. The van der Waals surface area contributed by atoms with E-state index in [2.05, 4.69) is 0 Å². The smallest absolute Gasteiger partial charge is 0.347 e.